The van der Waals surface area contributed by atoms with Crippen LogP contribution in [0.4, 0.5) is 8.78 Å². The summed E-state index contributed by atoms with van der Waals surface area (Å²) < 4.78 is 30.3. The molecule has 1 heterocycles. The number of ketones is 1. The van der Waals surface area contributed by atoms with E-state index < -0.39 is 6.61 Å². The summed E-state index contributed by atoms with van der Waals surface area (Å²) >= 11 is 0. The third kappa shape index (κ3) is 4.00. The second-order valence-corrected chi connectivity index (χ2v) is 4.92. The van der Waals surface area contributed by atoms with Gasteiger partial charge in [0.15, 0.2) is 5.78 Å². The van der Waals surface area contributed by atoms with Crippen LogP contribution < -0.4 is 4.74 Å². The van der Waals surface area contributed by atoms with Crippen molar-refractivity contribution in [2.45, 2.75) is 26.5 Å². The molecule has 2 aromatic rings. The fourth-order valence-electron chi connectivity index (χ4n) is 1.93. The first-order valence-electron chi connectivity index (χ1n) is 6.76. The van der Waals surface area contributed by atoms with Gasteiger partial charge in [-0.15, -0.1) is 0 Å². The lowest BCUT2D eigenvalue weighted by atomic mass is 10.1. The van der Waals surface area contributed by atoms with E-state index in [9.17, 15) is 13.6 Å². The SMILES string of the molecule is CC(C)n1cncc1/C=C/C(=O)c1ccc(OC(F)F)cc1. The maximum atomic E-state index is 12.1. The van der Waals surface area contributed by atoms with Gasteiger partial charge < -0.3 is 9.30 Å². The van der Waals surface area contributed by atoms with Gasteiger partial charge in [-0.1, -0.05) is 0 Å². The molecule has 22 heavy (non-hydrogen) atoms. The number of aromatic nitrogens is 2. The van der Waals surface area contributed by atoms with Crippen molar-refractivity contribution in [2.24, 2.45) is 0 Å². The molecule has 6 heteroatoms. The molecule has 1 aromatic carbocycles. The Bertz CT molecular complexity index is 661. The molecular formula is C16H16F2N2O2. The first kappa shape index (κ1) is 15.9. The molecule has 116 valence electrons. The molecule has 2 rings (SSSR count). The van der Waals surface area contributed by atoms with Crippen molar-refractivity contribution in [3.05, 3.63) is 54.1 Å². The van der Waals surface area contributed by atoms with Gasteiger partial charge in [-0.25, -0.2) is 4.98 Å². The Labute approximate surface area is 127 Å². The van der Waals surface area contributed by atoms with Gasteiger partial charge in [0.1, 0.15) is 5.75 Å². The Hall–Kier alpha value is -2.50. The number of benzene rings is 1. The summed E-state index contributed by atoms with van der Waals surface area (Å²) in [7, 11) is 0. The van der Waals surface area contributed by atoms with Crippen LogP contribution in [0.3, 0.4) is 0 Å². The second-order valence-electron chi connectivity index (χ2n) is 4.92. The number of nitrogens with zero attached hydrogens (tertiary/aromatic N) is 2. The molecule has 0 unspecified atom stereocenters. The zero-order valence-electron chi connectivity index (χ0n) is 12.2. The Morgan fingerprint density at radius 1 is 1.27 bits per heavy atom. The molecule has 0 N–H and O–H groups in total. The summed E-state index contributed by atoms with van der Waals surface area (Å²) in [6, 6.07) is 5.81. The predicted octanol–water partition coefficient (Wildman–Crippen LogP) is 3.96. The van der Waals surface area contributed by atoms with E-state index in [2.05, 4.69) is 9.72 Å². The smallest absolute Gasteiger partial charge is 0.387 e. The van der Waals surface area contributed by atoms with Crippen LogP contribution in [-0.4, -0.2) is 21.9 Å². The molecule has 0 spiro atoms. The number of hydrogen-bond donors (Lipinski definition) is 0. The Balaban J connectivity index is 2.08. The molecule has 0 aliphatic carbocycles. The maximum Gasteiger partial charge on any atom is 0.387 e. The lowest BCUT2D eigenvalue weighted by Gasteiger charge is -2.08. The molecule has 0 bridgehead atoms. The van der Waals surface area contributed by atoms with Gasteiger partial charge in [-0.3, -0.25) is 4.79 Å². The number of halogens is 2. The van der Waals surface area contributed by atoms with Crippen molar-refractivity contribution in [2.75, 3.05) is 0 Å². The number of rotatable bonds is 6. The zero-order chi connectivity index (χ0) is 16.1. The molecule has 0 aliphatic heterocycles. The van der Waals surface area contributed by atoms with Crippen molar-refractivity contribution in [1.29, 1.82) is 0 Å². The van der Waals surface area contributed by atoms with E-state index in [4.69, 9.17) is 0 Å². The molecule has 4 nitrogen and oxygen atoms in total. The quantitative estimate of drug-likeness (QED) is 0.599. The van der Waals surface area contributed by atoms with E-state index in [1.54, 1.807) is 18.6 Å². The fourth-order valence-corrected chi connectivity index (χ4v) is 1.93. The summed E-state index contributed by atoms with van der Waals surface area (Å²) in [6.07, 6.45) is 6.48. The van der Waals surface area contributed by atoms with E-state index in [1.165, 1.54) is 30.3 Å². The van der Waals surface area contributed by atoms with Gasteiger partial charge in [-0.05, 0) is 50.3 Å². The van der Waals surface area contributed by atoms with Crippen LogP contribution in [-0.2, 0) is 0 Å². The van der Waals surface area contributed by atoms with Crippen LogP contribution in [0.25, 0.3) is 6.08 Å². The highest BCUT2D eigenvalue weighted by atomic mass is 19.3. The summed E-state index contributed by atoms with van der Waals surface area (Å²) in [5, 5.41) is 0. The van der Waals surface area contributed by atoms with Crippen LogP contribution in [0.15, 0.2) is 42.9 Å². The molecule has 0 amide bonds. The van der Waals surface area contributed by atoms with Crippen molar-refractivity contribution < 1.29 is 18.3 Å². The average molecular weight is 306 g/mol. The maximum absolute atomic E-state index is 12.1. The number of hydrogen-bond acceptors (Lipinski definition) is 3. The zero-order valence-corrected chi connectivity index (χ0v) is 12.2. The number of allylic oxidation sites excluding steroid dienone is 1. The van der Waals surface area contributed by atoms with Crippen LogP contribution >= 0.6 is 0 Å². The molecule has 0 saturated heterocycles. The van der Waals surface area contributed by atoms with Crippen molar-refractivity contribution >= 4 is 11.9 Å². The van der Waals surface area contributed by atoms with Gasteiger partial charge in [0.25, 0.3) is 0 Å². The lowest BCUT2D eigenvalue weighted by Crippen LogP contribution is -2.02. The highest BCUT2D eigenvalue weighted by Crippen LogP contribution is 2.16. The van der Waals surface area contributed by atoms with Gasteiger partial charge in [0, 0.05) is 11.6 Å². The van der Waals surface area contributed by atoms with E-state index in [1.807, 2.05) is 18.4 Å². The van der Waals surface area contributed by atoms with E-state index >= 15 is 0 Å². The highest BCUT2D eigenvalue weighted by molar-refractivity contribution is 6.06. The van der Waals surface area contributed by atoms with Gasteiger partial charge in [0.2, 0.25) is 0 Å². The minimum absolute atomic E-state index is 0.0217. The van der Waals surface area contributed by atoms with Crippen molar-refractivity contribution in [3.8, 4) is 5.75 Å². The third-order valence-electron chi connectivity index (χ3n) is 3.02. The molecule has 1 aromatic heterocycles. The molecule has 0 saturated carbocycles. The van der Waals surface area contributed by atoms with Crippen LogP contribution in [0.5, 0.6) is 5.75 Å². The molecule has 0 aliphatic rings. The molecule has 0 fully saturated rings. The Morgan fingerprint density at radius 3 is 2.55 bits per heavy atom. The molecule has 0 radical (unpaired) electrons. The van der Waals surface area contributed by atoms with Crippen molar-refractivity contribution in [3.63, 3.8) is 0 Å². The Morgan fingerprint density at radius 2 is 1.95 bits per heavy atom. The van der Waals surface area contributed by atoms with Crippen LogP contribution in [0.2, 0.25) is 0 Å². The highest BCUT2D eigenvalue weighted by Gasteiger charge is 2.07. The van der Waals surface area contributed by atoms with Crippen LogP contribution in [0.1, 0.15) is 35.9 Å². The minimum atomic E-state index is -2.88. The Kier molecular flexibility index (Phi) is 5.04. The number of carbonyl (C=O) groups excluding carboxylic acids is 1. The lowest BCUT2D eigenvalue weighted by molar-refractivity contribution is -0.0498. The first-order valence-corrected chi connectivity index (χ1v) is 6.76. The summed E-state index contributed by atoms with van der Waals surface area (Å²) in [5.74, 6) is -0.200. The van der Waals surface area contributed by atoms with Crippen LogP contribution in [0, 0.1) is 0 Å². The van der Waals surface area contributed by atoms with Gasteiger partial charge in [-0.2, -0.15) is 8.78 Å². The van der Waals surface area contributed by atoms with E-state index in [0.29, 0.717) is 5.56 Å². The average Bonchev–Trinajstić information content (AvgIpc) is 2.93. The number of imidazole rings is 1. The van der Waals surface area contributed by atoms with Gasteiger partial charge in [0.05, 0.1) is 18.2 Å². The summed E-state index contributed by atoms with van der Waals surface area (Å²) in [6.45, 7) is 1.16. The molecule has 0 atom stereocenters. The fraction of sp³-hybridized carbons (Fsp3) is 0.250. The van der Waals surface area contributed by atoms with Gasteiger partial charge >= 0.3 is 6.61 Å². The predicted molar refractivity (Wildman–Crippen MR) is 79.1 cm³/mol. The first-order chi connectivity index (χ1) is 10.5. The monoisotopic (exact) mass is 306 g/mol. The van der Waals surface area contributed by atoms with Crippen molar-refractivity contribution in [1.82, 2.24) is 9.55 Å². The largest absolute Gasteiger partial charge is 0.435 e. The third-order valence-corrected chi connectivity index (χ3v) is 3.02. The standard InChI is InChI=1S/C16H16F2N2O2/c1-11(2)20-10-19-9-13(20)5-8-15(21)12-3-6-14(7-4-12)22-16(17)18/h3-11,16H,1-2H3/b8-5+. The number of alkyl halides is 2. The number of ether oxygens (including phenoxy) is 1. The van der Waals surface area contributed by atoms with E-state index in [-0.39, 0.29) is 17.6 Å². The summed E-state index contributed by atoms with van der Waals surface area (Å²) in [4.78, 5) is 16.1. The minimum Gasteiger partial charge on any atom is -0.435 e. The summed E-state index contributed by atoms with van der Waals surface area (Å²) in [5.41, 5.74) is 1.22. The van der Waals surface area contributed by atoms with E-state index in [0.717, 1.165) is 5.69 Å². The molecular weight excluding hydrogens is 290 g/mol. The normalized spacial score (nSPS) is 11.5. The topological polar surface area (TPSA) is 44.1 Å². The number of carbonyl (C=O) groups is 1. The second kappa shape index (κ2) is 6.98.